The number of esters is 1. The molecule has 196 valence electrons. The number of aromatic nitrogens is 1. The number of ether oxygens (including phenoxy) is 1. The van der Waals surface area contributed by atoms with E-state index >= 15 is 0 Å². The molecule has 0 saturated heterocycles. The molecule has 1 aliphatic heterocycles. The van der Waals surface area contributed by atoms with Crippen LogP contribution in [0.25, 0.3) is 11.8 Å². The van der Waals surface area contributed by atoms with Crippen molar-refractivity contribution < 1.29 is 24.0 Å². The van der Waals surface area contributed by atoms with E-state index in [1.54, 1.807) is 31.2 Å². The minimum absolute atomic E-state index is 0.0701. The van der Waals surface area contributed by atoms with E-state index < -0.39 is 39.7 Å². The number of halogens is 1. The SMILES string of the molecule is CCOC(=O)C1=C(c2ccccc2)N=c2s/c(=C\c3cccc([N+](=O)[O-])c3O)c(=O)n2C1c1ccc(F)cc1. The number of phenolic OH excluding ortho intramolecular Hbond substituents is 1. The number of para-hydroxylation sites is 1. The van der Waals surface area contributed by atoms with Crippen LogP contribution in [0.5, 0.6) is 5.75 Å². The number of hydrogen-bond acceptors (Lipinski definition) is 8. The van der Waals surface area contributed by atoms with Gasteiger partial charge in [-0.25, -0.2) is 14.2 Å². The van der Waals surface area contributed by atoms with Gasteiger partial charge in [-0.3, -0.25) is 19.5 Å². The predicted octanol–water partition coefficient (Wildman–Crippen LogP) is 3.69. The van der Waals surface area contributed by atoms with Crippen molar-refractivity contribution in [1.29, 1.82) is 0 Å². The zero-order chi connectivity index (χ0) is 27.7. The summed E-state index contributed by atoms with van der Waals surface area (Å²) in [4.78, 5) is 42.6. The zero-order valence-corrected chi connectivity index (χ0v) is 21.2. The molecule has 1 unspecified atom stereocenters. The summed E-state index contributed by atoms with van der Waals surface area (Å²) in [7, 11) is 0. The van der Waals surface area contributed by atoms with Gasteiger partial charge in [-0.1, -0.05) is 65.9 Å². The van der Waals surface area contributed by atoms with Crippen molar-refractivity contribution in [1.82, 2.24) is 4.57 Å². The van der Waals surface area contributed by atoms with Crippen molar-refractivity contribution in [2.75, 3.05) is 6.61 Å². The number of rotatable bonds is 6. The van der Waals surface area contributed by atoms with Gasteiger partial charge in [-0.2, -0.15) is 0 Å². The Morgan fingerprint density at radius 1 is 1.15 bits per heavy atom. The van der Waals surface area contributed by atoms with E-state index in [2.05, 4.69) is 4.99 Å². The Kier molecular flexibility index (Phi) is 6.90. The van der Waals surface area contributed by atoms with Crippen LogP contribution in [-0.4, -0.2) is 27.2 Å². The molecule has 0 bridgehead atoms. The molecule has 4 aromatic rings. The number of thiazole rings is 1. The molecule has 1 aliphatic rings. The smallest absolute Gasteiger partial charge is 0.338 e. The molecule has 5 rings (SSSR count). The van der Waals surface area contributed by atoms with Gasteiger partial charge in [0.15, 0.2) is 4.80 Å². The molecule has 0 aliphatic carbocycles. The first-order chi connectivity index (χ1) is 18.8. The van der Waals surface area contributed by atoms with E-state index in [1.807, 2.05) is 6.07 Å². The topological polar surface area (TPSA) is 124 Å². The Balaban J connectivity index is 1.83. The molecule has 9 nitrogen and oxygen atoms in total. The highest BCUT2D eigenvalue weighted by Gasteiger charge is 2.35. The second-order valence-corrected chi connectivity index (χ2v) is 9.46. The normalized spacial score (nSPS) is 15.0. The van der Waals surface area contributed by atoms with Crippen molar-refractivity contribution in [3.05, 3.63) is 131 Å². The van der Waals surface area contributed by atoms with Gasteiger partial charge in [0, 0.05) is 17.2 Å². The van der Waals surface area contributed by atoms with Crippen LogP contribution >= 0.6 is 11.3 Å². The first-order valence-corrected chi connectivity index (χ1v) is 12.6. The lowest BCUT2D eigenvalue weighted by Gasteiger charge is -2.25. The number of aromatic hydroxyl groups is 1. The number of phenols is 1. The maximum Gasteiger partial charge on any atom is 0.338 e. The lowest BCUT2D eigenvalue weighted by molar-refractivity contribution is -0.385. The summed E-state index contributed by atoms with van der Waals surface area (Å²) in [6.07, 6.45) is 1.34. The van der Waals surface area contributed by atoms with Gasteiger partial charge in [0.2, 0.25) is 5.75 Å². The minimum atomic E-state index is -1.00. The zero-order valence-electron chi connectivity index (χ0n) is 20.4. The largest absolute Gasteiger partial charge is 0.502 e. The van der Waals surface area contributed by atoms with Crippen molar-refractivity contribution in [2.45, 2.75) is 13.0 Å². The van der Waals surface area contributed by atoms with E-state index in [0.29, 0.717) is 16.8 Å². The number of hydrogen-bond donors (Lipinski definition) is 1. The second-order valence-electron chi connectivity index (χ2n) is 8.46. The lowest BCUT2D eigenvalue weighted by Crippen LogP contribution is -2.40. The number of carbonyl (C=O) groups excluding carboxylic acids is 1. The molecular weight excluding hydrogens is 525 g/mol. The predicted molar refractivity (Wildman–Crippen MR) is 142 cm³/mol. The van der Waals surface area contributed by atoms with Crippen LogP contribution in [0, 0.1) is 15.9 Å². The average Bonchev–Trinajstić information content (AvgIpc) is 3.24. The van der Waals surface area contributed by atoms with E-state index in [-0.39, 0.29) is 27.1 Å². The summed E-state index contributed by atoms with van der Waals surface area (Å²) in [6, 6.07) is 17.4. The first kappa shape index (κ1) is 25.7. The molecule has 11 heteroatoms. The summed E-state index contributed by atoms with van der Waals surface area (Å²) < 4.78 is 20.7. The van der Waals surface area contributed by atoms with E-state index in [1.165, 1.54) is 47.0 Å². The van der Waals surface area contributed by atoms with Gasteiger partial charge < -0.3 is 9.84 Å². The summed E-state index contributed by atoms with van der Waals surface area (Å²) in [5, 5.41) is 21.7. The van der Waals surface area contributed by atoms with E-state index in [9.17, 15) is 29.2 Å². The Morgan fingerprint density at radius 2 is 1.87 bits per heavy atom. The van der Waals surface area contributed by atoms with Crippen molar-refractivity contribution >= 4 is 34.8 Å². The summed E-state index contributed by atoms with van der Waals surface area (Å²) in [5.74, 6) is -1.75. The molecule has 0 saturated carbocycles. The fourth-order valence-electron chi connectivity index (χ4n) is 4.35. The van der Waals surface area contributed by atoms with Crippen molar-refractivity contribution in [2.24, 2.45) is 4.99 Å². The Bertz CT molecular complexity index is 1810. The van der Waals surface area contributed by atoms with Crippen LogP contribution in [0.3, 0.4) is 0 Å². The Labute approximate surface area is 224 Å². The highest BCUT2D eigenvalue weighted by atomic mass is 32.1. The summed E-state index contributed by atoms with van der Waals surface area (Å²) in [6.45, 7) is 1.74. The van der Waals surface area contributed by atoms with Crippen molar-refractivity contribution in [3.8, 4) is 5.75 Å². The van der Waals surface area contributed by atoms with Gasteiger partial charge in [-0.05, 0) is 30.7 Å². The van der Waals surface area contributed by atoms with E-state index in [0.717, 1.165) is 17.4 Å². The molecule has 1 atom stereocenters. The van der Waals surface area contributed by atoms with Crippen LogP contribution < -0.4 is 14.9 Å². The standard InChI is InChI=1S/C28H20FN3O6S/c1-2-38-27(35)22-23(16-7-4-3-5-8-16)30-28-31(24(22)17-11-13-19(29)14-12-17)26(34)21(39-28)15-18-9-6-10-20(25(18)33)32(36)37/h3-15,24,33H,2H2,1H3/b21-15-. The summed E-state index contributed by atoms with van der Waals surface area (Å²) >= 11 is 0.994. The highest BCUT2D eigenvalue weighted by Crippen LogP contribution is 2.35. The first-order valence-electron chi connectivity index (χ1n) is 11.8. The van der Waals surface area contributed by atoms with Gasteiger partial charge in [0.05, 0.1) is 33.4 Å². The fourth-order valence-corrected chi connectivity index (χ4v) is 5.35. The van der Waals surface area contributed by atoms with Gasteiger partial charge in [-0.15, -0.1) is 0 Å². The van der Waals surface area contributed by atoms with Gasteiger partial charge >= 0.3 is 11.7 Å². The maximum atomic E-state index is 13.9. The fraction of sp³-hybridized carbons (Fsp3) is 0.107. The molecule has 1 N–H and O–H groups in total. The third-order valence-corrected chi connectivity index (χ3v) is 7.07. The maximum absolute atomic E-state index is 13.9. The van der Waals surface area contributed by atoms with Crippen molar-refractivity contribution in [3.63, 3.8) is 0 Å². The third kappa shape index (κ3) is 4.75. The van der Waals surface area contributed by atoms with Gasteiger partial charge in [0.1, 0.15) is 5.82 Å². The number of nitro benzene ring substituents is 1. The molecule has 0 radical (unpaired) electrons. The quantitative estimate of drug-likeness (QED) is 0.224. The molecule has 39 heavy (non-hydrogen) atoms. The van der Waals surface area contributed by atoms with Crippen LogP contribution in [-0.2, 0) is 9.53 Å². The molecule has 1 aromatic heterocycles. The van der Waals surface area contributed by atoms with Crippen LogP contribution in [0.15, 0.2) is 88.2 Å². The summed E-state index contributed by atoms with van der Waals surface area (Å²) in [5.41, 5.74) is 0.488. The number of fused-ring (bicyclic) bond motifs is 1. The Morgan fingerprint density at radius 3 is 2.54 bits per heavy atom. The highest BCUT2D eigenvalue weighted by molar-refractivity contribution is 7.07. The molecule has 0 amide bonds. The molecular formula is C28H20FN3O6S. The number of nitro groups is 1. The molecule has 0 spiro atoms. The van der Waals surface area contributed by atoms with Crippen LogP contribution in [0.2, 0.25) is 0 Å². The van der Waals surface area contributed by atoms with Gasteiger partial charge in [0.25, 0.3) is 5.56 Å². The average molecular weight is 546 g/mol. The molecule has 3 aromatic carbocycles. The Hall–Kier alpha value is -4.90. The number of nitrogens with zero attached hydrogens (tertiary/aromatic N) is 3. The monoisotopic (exact) mass is 545 g/mol. The molecule has 0 fully saturated rings. The number of benzene rings is 3. The lowest BCUT2D eigenvalue weighted by atomic mass is 9.93. The van der Waals surface area contributed by atoms with E-state index in [4.69, 9.17) is 4.74 Å². The van der Waals surface area contributed by atoms with Crippen LogP contribution in [0.1, 0.15) is 29.7 Å². The number of carbonyl (C=O) groups is 1. The van der Waals surface area contributed by atoms with Crippen LogP contribution in [0.4, 0.5) is 10.1 Å². The third-order valence-electron chi connectivity index (χ3n) is 6.09. The molecule has 2 heterocycles. The minimum Gasteiger partial charge on any atom is -0.502 e. The second kappa shape index (κ2) is 10.5.